The van der Waals surface area contributed by atoms with Crippen molar-refractivity contribution < 1.29 is 18.9 Å². The predicted octanol–water partition coefficient (Wildman–Crippen LogP) is 3.13. The van der Waals surface area contributed by atoms with Crippen LogP contribution in [-0.4, -0.2) is 36.0 Å². The van der Waals surface area contributed by atoms with Gasteiger partial charge < -0.3 is 14.1 Å². The first kappa shape index (κ1) is 17.0. The fourth-order valence-corrected chi connectivity index (χ4v) is 2.22. The Labute approximate surface area is 137 Å². The number of ether oxygens (including phenoxy) is 1. The van der Waals surface area contributed by atoms with Crippen molar-refractivity contribution in [2.75, 3.05) is 20.3 Å². The number of nitrogens with zero attached hydrogens (tertiary/aromatic N) is 2. The van der Waals surface area contributed by atoms with Crippen LogP contribution in [0.4, 0.5) is 5.69 Å². The average Bonchev–Trinajstić information content (AvgIpc) is 3.04. The molecule has 0 bridgehead atoms. The molecule has 0 radical (unpaired) electrons. The van der Waals surface area contributed by atoms with Crippen molar-refractivity contribution in [3.63, 3.8) is 0 Å². The minimum atomic E-state index is -0.567. The van der Waals surface area contributed by atoms with Crippen molar-refractivity contribution in [1.29, 1.82) is 0 Å². The van der Waals surface area contributed by atoms with Gasteiger partial charge in [-0.2, -0.15) is 0 Å². The van der Waals surface area contributed by atoms with Crippen molar-refractivity contribution in [2.45, 2.75) is 6.54 Å². The zero-order chi connectivity index (χ0) is 16.8. The molecule has 0 N–H and O–H groups in total. The van der Waals surface area contributed by atoms with Crippen molar-refractivity contribution in [3.05, 3.63) is 63.1 Å². The summed E-state index contributed by atoms with van der Waals surface area (Å²) in [5.41, 5.74) is 0.698. The monoisotopic (exact) mass is 338 g/mol. The van der Waals surface area contributed by atoms with Gasteiger partial charge in [0.1, 0.15) is 0 Å². The number of nitro benzene ring substituents is 1. The topological polar surface area (TPSA) is 85.8 Å². The molecule has 1 aromatic heterocycles. The molecule has 2 rings (SSSR count). The maximum absolute atomic E-state index is 12.7. The third kappa shape index (κ3) is 4.30. The number of methoxy groups -OCH3 is 1. The number of furan rings is 1. The van der Waals surface area contributed by atoms with E-state index in [0.29, 0.717) is 13.2 Å². The quantitative estimate of drug-likeness (QED) is 0.572. The van der Waals surface area contributed by atoms with Crippen LogP contribution in [0.2, 0.25) is 5.02 Å². The number of amides is 1. The Morgan fingerprint density at radius 1 is 1.43 bits per heavy atom. The number of benzene rings is 1. The fourth-order valence-electron chi connectivity index (χ4n) is 2.02. The van der Waals surface area contributed by atoms with E-state index in [1.165, 1.54) is 42.7 Å². The van der Waals surface area contributed by atoms with E-state index in [1.54, 1.807) is 6.07 Å². The molecule has 0 aliphatic heterocycles. The normalized spacial score (nSPS) is 10.5. The summed E-state index contributed by atoms with van der Waals surface area (Å²) in [4.78, 5) is 24.5. The first-order valence-electron chi connectivity index (χ1n) is 6.76. The number of rotatable bonds is 7. The van der Waals surface area contributed by atoms with E-state index in [1.807, 2.05) is 0 Å². The van der Waals surface area contributed by atoms with Gasteiger partial charge in [-0.25, -0.2) is 0 Å². The number of hydrogen-bond donors (Lipinski definition) is 0. The number of carbonyl (C=O) groups excluding carboxylic acids is 1. The third-order valence-corrected chi connectivity index (χ3v) is 3.53. The smallest absolute Gasteiger partial charge is 0.270 e. The van der Waals surface area contributed by atoms with E-state index < -0.39 is 10.8 Å². The summed E-state index contributed by atoms with van der Waals surface area (Å²) in [5, 5.41) is 11.1. The highest BCUT2D eigenvalue weighted by atomic mass is 35.5. The Hall–Kier alpha value is -2.38. The Morgan fingerprint density at radius 3 is 2.83 bits per heavy atom. The molecule has 0 atom stereocenters. The molecule has 1 amide bonds. The van der Waals surface area contributed by atoms with Gasteiger partial charge >= 0.3 is 0 Å². The second-order valence-corrected chi connectivity index (χ2v) is 5.18. The molecule has 0 aliphatic carbocycles. The number of non-ortho nitro benzene ring substituents is 1. The van der Waals surface area contributed by atoms with Crippen LogP contribution in [0.3, 0.4) is 0 Å². The second kappa shape index (κ2) is 7.75. The minimum Gasteiger partial charge on any atom is -0.472 e. The molecule has 0 saturated heterocycles. The highest BCUT2D eigenvalue weighted by molar-refractivity contribution is 6.33. The van der Waals surface area contributed by atoms with E-state index in [0.717, 1.165) is 5.56 Å². The van der Waals surface area contributed by atoms with Gasteiger partial charge in [-0.1, -0.05) is 11.6 Å². The first-order chi connectivity index (χ1) is 11.0. The molecule has 0 saturated carbocycles. The van der Waals surface area contributed by atoms with Crippen LogP contribution in [0.15, 0.2) is 41.2 Å². The van der Waals surface area contributed by atoms with Gasteiger partial charge in [-0.15, -0.1) is 0 Å². The van der Waals surface area contributed by atoms with Crippen LogP contribution in [-0.2, 0) is 11.3 Å². The molecule has 0 unspecified atom stereocenters. The molecular weight excluding hydrogens is 324 g/mol. The van der Waals surface area contributed by atoms with E-state index in [-0.39, 0.29) is 22.8 Å². The van der Waals surface area contributed by atoms with E-state index in [4.69, 9.17) is 20.8 Å². The molecule has 1 aromatic carbocycles. The molecule has 0 aliphatic rings. The van der Waals surface area contributed by atoms with Crippen molar-refractivity contribution in [3.8, 4) is 0 Å². The Morgan fingerprint density at radius 2 is 2.22 bits per heavy atom. The maximum atomic E-state index is 12.7. The lowest BCUT2D eigenvalue weighted by molar-refractivity contribution is -0.384. The predicted molar refractivity (Wildman–Crippen MR) is 83.4 cm³/mol. The van der Waals surface area contributed by atoms with E-state index >= 15 is 0 Å². The van der Waals surface area contributed by atoms with Crippen LogP contribution < -0.4 is 0 Å². The molecule has 7 nitrogen and oxygen atoms in total. The molecule has 122 valence electrons. The summed E-state index contributed by atoms with van der Waals surface area (Å²) in [6, 6.07) is 5.52. The number of hydrogen-bond acceptors (Lipinski definition) is 5. The summed E-state index contributed by atoms with van der Waals surface area (Å²) in [5.74, 6) is -0.406. The number of halogens is 1. The molecule has 8 heteroatoms. The van der Waals surface area contributed by atoms with Crippen LogP contribution in [0.1, 0.15) is 15.9 Å². The SMILES string of the molecule is COCCN(Cc1ccoc1)C(=O)c1cc([N+](=O)[O-])ccc1Cl. The number of nitro groups is 1. The van der Waals surface area contributed by atoms with Crippen LogP contribution in [0.5, 0.6) is 0 Å². The summed E-state index contributed by atoms with van der Waals surface area (Å²) in [7, 11) is 1.53. The molecule has 0 fully saturated rings. The van der Waals surface area contributed by atoms with Crippen molar-refractivity contribution in [1.82, 2.24) is 4.90 Å². The largest absolute Gasteiger partial charge is 0.472 e. The van der Waals surface area contributed by atoms with Crippen molar-refractivity contribution in [2.24, 2.45) is 0 Å². The summed E-state index contributed by atoms with van der Waals surface area (Å²) >= 11 is 6.04. The summed E-state index contributed by atoms with van der Waals surface area (Å²) in [6.07, 6.45) is 3.04. The van der Waals surface area contributed by atoms with Gasteiger partial charge in [-0.05, 0) is 12.1 Å². The molecule has 0 spiro atoms. The van der Waals surface area contributed by atoms with Crippen molar-refractivity contribution >= 4 is 23.2 Å². The Balaban J connectivity index is 2.28. The minimum absolute atomic E-state index is 0.0838. The lowest BCUT2D eigenvalue weighted by atomic mass is 10.1. The van der Waals surface area contributed by atoms with Gasteiger partial charge in [0.25, 0.3) is 11.6 Å². The Kier molecular flexibility index (Phi) is 5.72. The Bertz CT molecular complexity index is 687. The first-order valence-corrected chi connectivity index (χ1v) is 7.14. The van der Waals surface area contributed by atoms with E-state index in [9.17, 15) is 14.9 Å². The van der Waals surface area contributed by atoms with Crippen LogP contribution >= 0.6 is 11.6 Å². The van der Waals surface area contributed by atoms with E-state index in [2.05, 4.69) is 0 Å². The lowest BCUT2D eigenvalue weighted by Gasteiger charge is -2.22. The highest BCUT2D eigenvalue weighted by Gasteiger charge is 2.21. The lowest BCUT2D eigenvalue weighted by Crippen LogP contribution is -2.33. The van der Waals surface area contributed by atoms with Crippen LogP contribution in [0, 0.1) is 10.1 Å². The highest BCUT2D eigenvalue weighted by Crippen LogP contribution is 2.24. The summed E-state index contributed by atoms with van der Waals surface area (Å²) in [6.45, 7) is 0.938. The third-order valence-electron chi connectivity index (χ3n) is 3.20. The maximum Gasteiger partial charge on any atom is 0.270 e. The van der Waals surface area contributed by atoms with Gasteiger partial charge in [0.15, 0.2) is 0 Å². The zero-order valence-corrected chi connectivity index (χ0v) is 13.2. The number of carbonyl (C=O) groups is 1. The second-order valence-electron chi connectivity index (χ2n) is 4.77. The zero-order valence-electron chi connectivity index (χ0n) is 12.4. The average molecular weight is 339 g/mol. The fraction of sp³-hybridized carbons (Fsp3) is 0.267. The van der Waals surface area contributed by atoms with Gasteiger partial charge in [0.05, 0.1) is 34.6 Å². The summed E-state index contributed by atoms with van der Waals surface area (Å²) < 4.78 is 10.0. The molecule has 23 heavy (non-hydrogen) atoms. The standard InChI is InChI=1S/C15H15ClN2O5/c1-22-7-5-17(9-11-4-6-23-10-11)15(19)13-8-12(18(20)21)2-3-14(13)16/h2-4,6,8,10H,5,7,9H2,1H3. The van der Waals surface area contributed by atoms with Crippen LogP contribution in [0.25, 0.3) is 0 Å². The molecular formula is C15H15ClN2O5. The van der Waals surface area contributed by atoms with Gasteiger partial charge in [-0.3, -0.25) is 14.9 Å². The van der Waals surface area contributed by atoms with Gasteiger partial charge in [0, 0.05) is 37.9 Å². The molecule has 1 heterocycles. The molecule has 2 aromatic rings. The van der Waals surface area contributed by atoms with Gasteiger partial charge in [0.2, 0.25) is 0 Å².